The van der Waals surface area contributed by atoms with Crippen molar-refractivity contribution in [2.24, 2.45) is 0 Å². The first-order valence-corrected chi connectivity index (χ1v) is 6.60. The van der Waals surface area contributed by atoms with Crippen molar-refractivity contribution in [3.05, 3.63) is 59.7 Å². The lowest BCUT2D eigenvalue weighted by Gasteiger charge is -2.08. The highest BCUT2D eigenvalue weighted by Gasteiger charge is 2.11. The summed E-state index contributed by atoms with van der Waals surface area (Å²) in [5.74, 6) is -0.392. The van der Waals surface area contributed by atoms with E-state index in [9.17, 15) is 14.7 Å². The molecule has 0 heterocycles. The Kier molecular flexibility index (Phi) is 4.98. The average Bonchev–Trinajstić information content (AvgIpc) is 2.54. The van der Waals surface area contributed by atoms with Crippen LogP contribution in [0.4, 0.5) is 0 Å². The molecular formula is C16H16N2O4. The van der Waals surface area contributed by atoms with Gasteiger partial charge < -0.3 is 9.84 Å². The van der Waals surface area contributed by atoms with Gasteiger partial charge in [0.2, 0.25) is 5.91 Å². The van der Waals surface area contributed by atoms with Gasteiger partial charge in [-0.25, -0.2) is 0 Å². The van der Waals surface area contributed by atoms with Crippen molar-refractivity contribution in [3.8, 4) is 11.5 Å². The molecule has 0 atom stereocenters. The van der Waals surface area contributed by atoms with Crippen LogP contribution in [0.1, 0.15) is 15.9 Å². The summed E-state index contributed by atoms with van der Waals surface area (Å²) < 4.78 is 5.03. The molecule has 2 rings (SSSR count). The monoisotopic (exact) mass is 300 g/mol. The number of hydrogen-bond acceptors (Lipinski definition) is 4. The summed E-state index contributed by atoms with van der Waals surface area (Å²) in [4.78, 5) is 23.6. The molecule has 22 heavy (non-hydrogen) atoms. The number of para-hydroxylation sites is 1. The average molecular weight is 300 g/mol. The van der Waals surface area contributed by atoms with Crippen LogP contribution in [0.2, 0.25) is 0 Å². The van der Waals surface area contributed by atoms with Crippen LogP contribution < -0.4 is 15.6 Å². The Balaban J connectivity index is 1.87. The highest BCUT2D eigenvalue weighted by atomic mass is 16.5. The van der Waals surface area contributed by atoms with Crippen LogP contribution >= 0.6 is 0 Å². The van der Waals surface area contributed by atoms with Crippen LogP contribution in [0.5, 0.6) is 11.5 Å². The number of nitrogens with one attached hydrogen (secondary N) is 2. The second kappa shape index (κ2) is 7.12. The van der Waals surface area contributed by atoms with Crippen molar-refractivity contribution < 1.29 is 19.4 Å². The molecule has 0 aliphatic heterocycles. The fourth-order valence-electron chi connectivity index (χ4n) is 1.83. The predicted octanol–water partition coefficient (Wildman–Crippen LogP) is 1.40. The third kappa shape index (κ3) is 3.99. The normalized spacial score (nSPS) is 9.86. The van der Waals surface area contributed by atoms with Gasteiger partial charge in [-0.1, -0.05) is 24.3 Å². The molecule has 0 saturated carbocycles. The number of phenolic OH excluding ortho intramolecular Hbond substituents is 1. The van der Waals surface area contributed by atoms with Crippen molar-refractivity contribution in [3.63, 3.8) is 0 Å². The molecule has 0 radical (unpaired) electrons. The smallest absolute Gasteiger partial charge is 0.273 e. The standard InChI is InChI=1S/C16H16N2O4/c1-22-12-8-6-11(7-9-12)10-15(20)17-18-16(21)13-4-2-3-5-14(13)19/h2-9,19H,10H2,1H3,(H,17,20)(H,18,21). The summed E-state index contributed by atoms with van der Waals surface area (Å²) >= 11 is 0. The van der Waals surface area contributed by atoms with E-state index in [-0.39, 0.29) is 23.6 Å². The number of phenols is 1. The van der Waals surface area contributed by atoms with Gasteiger partial charge in [0.15, 0.2) is 0 Å². The first-order valence-electron chi connectivity index (χ1n) is 6.60. The van der Waals surface area contributed by atoms with E-state index in [2.05, 4.69) is 10.9 Å². The highest BCUT2D eigenvalue weighted by Crippen LogP contribution is 2.14. The molecule has 0 aliphatic rings. The number of benzene rings is 2. The zero-order valence-electron chi connectivity index (χ0n) is 12.0. The number of ether oxygens (including phenoxy) is 1. The molecule has 0 spiro atoms. The molecule has 6 heteroatoms. The maximum absolute atomic E-state index is 11.8. The predicted molar refractivity (Wildman–Crippen MR) is 80.4 cm³/mol. The molecule has 0 aliphatic carbocycles. The first-order chi connectivity index (χ1) is 10.6. The highest BCUT2D eigenvalue weighted by molar-refractivity contribution is 5.97. The minimum Gasteiger partial charge on any atom is -0.507 e. The van der Waals surface area contributed by atoms with Gasteiger partial charge in [-0.2, -0.15) is 0 Å². The molecule has 0 bridgehead atoms. The summed E-state index contributed by atoms with van der Waals surface area (Å²) in [5, 5.41) is 9.55. The number of aromatic hydroxyl groups is 1. The third-order valence-electron chi connectivity index (χ3n) is 2.99. The SMILES string of the molecule is COc1ccc(CC(=O)NNC(=O)c2ccccc2O)cc1. The Morgan fingerprint density at radius 2 is 1.73 bits per heavy atom. The van der Waals surface area contributed by atoms with Crippen LogP contribution in [0.3, 0.4) is 0 Å². The molecule has 114 valence electrons. The van der Waals surface area contributed by atoms with Crippen LogP contribution in [0.15, 0.2) is 48.5 Å². The molecule has 2 aromatic carbocycles. The first kappa shape index (κ1) is 15.4. The minimum atomic E-state index is -0.582. The number of rotatable bonds is 4. The van der Waals surface area contributed by atoms with E-state index in [1.807, 2.05) is 0 Å². The van der Waals surface area contributed by atoms with Gasteiger partial charge >= 0.3 is 0 Å². The maximum atomic E-state index is 11.8. The molecule has 3 N–H and O–H groups in total. The Bertz CT molecular complexity index is 668. The lowest BCUT2D eigenvalue weighted by Crippen LogP contribution is -2.42. The number of methoxy groups -OCH3 is 1. The summed E-state index contributed by atoms with van der Waals surface area (Å²) in [5.41, 5.74) is 5.44. The molecule has 2 amide bonds. The van der Waals surface area contributed by atoms with Crippen molar-refractivity contribution >= 4 is 11.8 Å². The number of hydrazine groups is 1. The van der Waals surface area contributed by atoms with Gasteiger partial charge in [0.05, 0.1) is 19.1 Å². The number of amides is 2. The van der Waals surface area contributed by atoms with Crippen molar-refractivity contribution in [2.75, 3.05) is 7.11 Å². The van der Waals surface area contributed by atoms with Gasteiger partial charge in [0, 0.05) is 0 Å². The topological polar surface area (TPSA) is 87.7 Å². The van der Waals surface area contributed by atoms with Crippen LogP contribution in [0, 0.1) is 0 Å². The second-order valence-electron chi connectivity index (χ2n) is 4.54. The van der Waals surface area contributed by atoms with Gasteiger partial charge in [-0.05, 0) is 29.8 Å². The Labute approximate surface area is 127 Å². The van der Waals surface area contributed by atoms with E-state index in [4.69, 9.17) is 4.74 Å². The Morgan fingerprint density at radius 3 is 2.36 bits per heavy atom. The van der Waals surface area contributed by atoms with Crippen LogP contribution in [-0.2, 0) is 11.2 Å². The van der Waals surface area contributed by atoms with Gasteiger partial charge in [-0.3, -0.25) is 20.4 Å². The van der Waals surface area contributed by atoms with E-state index in [0.29, 0.717) is 5.75 Å². The number of carbonyl (C=O) groups is 2. The Morgan fingerprint density at radius 1 is 1.05 bits per heavy atom. The largest absolute Gasteiger partial charge is 0.507 e. The molecule has 6 nitrogen and oxygen atoms in total. The summed E-state index contributed by atoms with van der Waals surface area (Å²) in [6.45, 7) is 0. The molecule has 2 aromatic rings. The minimum absolute atomic E-state index is 0.0900. The molecule has 0 unspecified atom stereocenters. The van der Waals surface area contributed by atoms with E-state index in [1.165, 1.54) is 12.1 Å². The lowest BCUT2D eigenvalue weighted by molar-refractivity contribution is -0.121. The van der Waals surface area contributed by atoms with Gasteiger partial charge in [0.25, 0.3) is 5.91 Å². The van der Waals surface area contributed by atoms with Gasteiger partial charge in [-0.15, -0.1) is 0 Å². The number of carbonyl (C=O) groups excluding carboxylic acids is 2. The van der Waals surface area contributed by atoms with Crippen molar-refractivity contribution in [2.45, 2.75) is 6.42 Å². The summed E-state index contributed by atoms with van der Waals surface area (Å²) in [6, 6.07) is 13.1. The fraction of sp³-hybridized carbons (Fsp3) is 0.125. The lowest BCUT2D eigenvalue weighted by atomic mass is 10.1. The van der Waals surface area contributed by atoms with Crippen molar-refractivity contribution in [1.29, 1.82) is 0 Å². The number of hydrogen-bond donors (Lipinski definition) is 3. The van der Waals surface area contributed by atoms with E-state index >= 15 is 0 Å². The quantitative estimate of drug-likeness (QED) is 0.745. The Hall–Kier alpha value is -3.02. The zero-order chi connectivity index (χ0) is 15.9. The molecule has 0 aromatic heterocycles. The third-order valence-corrected chi connectivity index (χ3v) is 2.99. The van der Waals surface area contributed by atoms with E-state index in [1.54, 1.807) is 43.5 Å². The van der Waals surface area contributed by atoms with Crippen LogP contribution in [-0.4, -0.2) is 24.0 Å². The van der Waals surface area contributed by atoms with E-state index < -0.39 is 5.91 Å². The van der Waals surface area contributed by atoms with E-state index in [0.717, 1.165) is 5.56 Å². The van der Waals surface area contributed by atoms with Gasteiger partial charge in [0.1, 0.15) is 11.5 Å². The van der Waals surface area contributed by atoms with Crippen molar-refractivity contribution in [1.82, 2.24) is 10.9 Å². The summed E-state index contributed by atoms with van der Waals surface area (Å²) in [6.07, 6.45) is 0.116. The molecule has 0 saturated heterocycles. The molecular weight excluding hydrogens is 284 g/mol. The molecule has 0 fully saturated rings. The summed E-state index contributed by atoms with van der Waals surface area (Å²) in [7, 11) is 1.57. The second-order valence-corrected chi connectivity index (χ2v) is 4.54. The van der Waals surface area contributed by atoms with Crippen LogP contribution in [0.25, 0.3) is 0 Å². The zero-order valence-corrected chi connectivity index (χ0v) is 12.0. The maximum Gasteiger partial charge on any atom is 0.273 e. The fourth-order valence-corrected chi connectivity index (χ4v) is 1.83.